The molecule has 1 aromatic carbocycles. The van der Waals surface area contributed by atoms with Gasteiger partial charge in [-0.25, -0.2) is 0 Å². The Morgan fingerprint density at radius 2 is 1.88 bits per heavy atom. The number of ether oxygens (including phenoxy) is 1. The zero-order valence-electron chi connectivity index (χ0n) is 14.6. The predicted octanol–water partition coefficient (Wildman–Crippen LogP) is 3.70. The Hall–Kier alpha value is -1.91. The fraction of sp³-hybridized carbons (Fsp3) is 0.400. The molecule has 4 nitrogen and oxygen atoms in total. The predicted molar refractivity (Wildman–Crippen MR) is 98.7 cm³/mol. The van der Waals surface area contributed by atoms with Crippen molar-refractivity contribution in [1.82, 2.24) is 9.88 Å². The van der Waals surface area contributed by atoms with Crippen molar-refractivity contribution in [3.05, 3.63) is 64.9 Å². The number of benzene rings is 1. The Kier molecular flexibility index (Phi) is 5.71. The first-order chi connectivity index (χ1) is 12.1. The van der Waals surface area contributed by atoms with Gasteiger partial charge in [0.2, 0.25) is 5.91 Å². The fourth-order valence-electron chi connectivity index (χ4n) is 3.39. The number of morpholine rings is 1. The van der Waals surface area contributed by atoms with Crippen molar-refractivity contribution in [2.45, 2.75) is 38.3 Å². The number of hydrogen-bond donors (Lipinski definition) is 0. The summed E-state index contributed by atoms with van der Waals surface area (Å²) in [7, 11) is 0. The Labute approximate surface area is 153 Å². The van der Waals surface area contributed by atoms with Crippen LogP contribution in [0.15, 0.2) is 48.7 Å². The molecule has 0 aliphatic carbocycles. The summed E-state index contributed by atoms with van der Waals surface area (Å²) in [6, 6.07) is 13.5. The highest BCUT2D eigenvalue weighted by Gasteiger charge is 2.34. The van der Waals surface area contributed by atoms with Crippen molar-refractivity contribution in [3.8, 4) is 0 Å². The number of halogens is 1. The molecule has 5 heteroatoms. The Bertz CT molecular complexity index is 695. The van der Waals surface area contributed by atoms with Crippen LogP contribution in [0.3, 0.4) is 0 Å². The molecule has 1 aromatic heterocycles. The number of nitrogens with zero attached hydrogens (tertiary/aromatic N) is 2. The molecule has 0 N–H and O–H groups in total. The quantitative estimate of drug-likeness (QED) is 0.837. The molecule has 1 aliphatic heterocycles. The van der Waals surface area contributed by atoms with Gasteiger partial charge in [0, 0.05) is 23.3 Å². The molecule has 0 spiro atoms. The van der Waals surface area contributed by atoms with Crippen LogP contribution in [0.25, 0.3) is 0 Å². The van der Waals surface area contributed by atoms with Crippen LogP contribution in [0, 0.1) is 0 Å². The maximum absolute atomic E-state index is 13.4. The van der Waals surface area contributed by atoms with E-state index in [4.69, 9.17) is 16.3 Å². The Balaban J connectivity index is 1.92. The molecule has 132 valence electrons. The molecule has 2 heterocycles. The molecule has 0 saturated carbocycles. The van der Waals surface area contributed by atoms with Crippen molar-refractivity contribution in [3.63, 3.8) is 0 Å². The van der Waals surface area contributed by atoms with E-state index in [0.717, 1.165) is 11.3 Å². The van der Waals surface area contributed by atoms with E-state index in [0.29, 0.717) is 24.7 Å². The van der Waals surface area contributed by atoms with Gasteiger partial charge in [-0.15, -0.1) is 0 Å². The summed E-state index contributed by atoms with van der Waals surface area (Å²) >= 11 is 6.03. The van der Waals surface area contributed by atoms with Gasteiger partial charge in [-0.1, -0.05) is 29.8 Å². The number of rotatable bonds is 4. The first-order valence-corrected chi connectivity index (χ1v) is 8.99. The molecule has 3 atom stereocenters. The first-order valence-electron chi connectivity index (χ1n) is 8.61. The molecule has 1 fully saturated rings. The summed E-state index contributed by atoms with van der Waals surface area (Å²) in [6.45, 7) is 5.22. The van der Waals surface area contributed by atoms with Crippen molar-refractivity contribution in [2.24, 2.45) is 0 Å². The van der Waals surface area contributed by atoms with Crippen LogP contribution in [-0.2, 0) is 16.0 Å². The lowest BCUT2D eigenvalue weighted by atomic mass is 9.91. The van der Waals surface area contributed by atoms with Crippen LogP contribution in [0.2, 0.25) is 5.02 Å². The number of hydrogen-bond acceptors (Lipinski definition) is 3. The SMILES string of the molecule is CC1COCC(C)N1C(=O)C(Cc1ccccn1)c1ccc(Cl)cc1. The zero-order chi connectivity index (χ0) is 17.8. The van der Waals surface area contributed by atoms with E-state index in [1.807, 2.05) is 61.2 Å². The third-order valence-corrected chi connectivity index (χ3v) is 4.88. The zero-order valence-corrected chi connectivity index (χ0v) is 15.3. The van der Waals surface area contributed by atoms with Gasteiger partial charge < -0.3 is 9.64 Å². The second-order valence-electron chi connectivity index (χ2n) is 6.61. The van der Waals surface area contributed by atoms with Crippen LogP contribution in [-0.4, -0.2) is 41.1 Å². The molecule has 1 aliphatic rings. The number of aromatic nitrogens is 1. The summed E-state index contributed by atoms with van der Waals surface area (Å²) in [5.41, 5.74) is 1.87. The summed E-state index contributed by atoms with van der Waals surface area (Å²) in [5.74, 6) is -0.161. The van der Waals surface area contributed by atoms with Gasteiger partial charge in [-0.2, -0.15) is 0 Å². The van der Waals surface area contributed by atoms with E-state index in [1.165, 1.54) is 0 Å². The standard InChI is InChI=1S/C20H23ClN2O2/c1-14-12-25-13-15(2)23(14)20(24)19(11-18-5-3-4-10-22-18)16-6-8-17(21)9-7-16/h3-10,14-15,19H,11-13H2,1-2H3. The minimum Gasteiger partial charge on any atom is -0.377 e. The fourth-order valence-corrected chi connectivity index (χ4v) is 3.52. The minimum atomic E-state index is -0.282. The van der Waals surface area contributed by atoms with Gasteiger partial charge in [0.25, 0.3) is 0 Å². The lowest BCUT2D eigenvalue weighted by Gasteiger charge is -2.40. The van der Waals surface area contributed by atoms with E-state index >= 15 is 0 Å². The molecule has 0 bridgehead atoms. The van der Waals surface area contributed by atoms with Crippen LogP contribution in [0.4, 0.5) is 0 Å². The largest absolute Gasteiger partial charge is 0.377 e. The lowest BCUT2D eigenvalue weighted by Crippen LogP contribution is -2.54. The van der Waals surface area contributed by atoms with Gasteiger partial charge in [-0.05, 0) is 43.7 Å². The molecular weight excluding hydrogens is 336 g/mol. The Morgan fingerprint density at radius 3 is 2.48 bits per heavy atom. The van der Waals surface area contributed by atoms with Crippen LogP contribution < -0.4 is 0 Å². The topological polar surface area (TPSA) is 42.4 Å². The second-order valence-corrected chi connectivity index (χ2v) is 7.05. The van der Waals surface area contributed by atoms with E-state index < -0.39 is 0 Å². The monoisotopic (exact) mass is 358 g/mol. The Morgan fingerprint density at radius 1 is 1.20 bits per heavy atom. The number of carbonyl (C=O) groups is 1. The average molecular weight is 359 g/mol. The van der Waals surface area contributed by atoms with E-state index in [9.17, 15) is 4.79 Å². The third kappa shape index (κ3) is 4.20. The first kappa shape index (κ1) is 17.9. The highest BCUT2D eigenvalue weighted by Crippen LogP contribution is 2.27. The van der Waals surface area contributed by atoms with Crippen LogP contribution >= 0.6 is 11.6 Å². The molecule has 0 radical (unpaired) electrons. The van der Waals surface area contributed by atoms with Crippen LogP contribution in [0.1, 0.15) is 31.0 Å². The summed E-state index contributed by atoms with van der Waals surface area (Å²) in [5, 5.41) is 0.667. The van der Waals surface area contributed by atoms with Crippen molar-refractivity contribution in [1.29, 1.82) is 0 Å². The lowest BCUT2D eigenvalue weighted by molar-refractivity contribution is -0.145. The van der Waals surface area contributed by atoms with Crippen molar-refractivity contribution >= 4 is 17.5 Å². The maximum Gasteiger partial charge on any atom is 0.231 e. The summed E-state index contributed by atoms with van der Waals surface area (Å²) in [6.07, 6.45) is 2.33. The van der Waals surface area contributed by atoms with Gasteiger partial charge in [0.15, 0.2) is 0 Å². The van der Waals surface area contributed by atoms with E-state index in [2.05, 4.69) is 4.98 Å². The molecule has 1 saturated heterocycles. The third-order valence-electron chi connectivity index (χ3n) is 4.63. The van der Waals surface area contributed by atoms with Gasteiger partial charge >= 0.3 is 0 Å². The number of amides is 1. The normalized spacial score (nSPS) is 21.8. The van der Waals surface area contributed by atoms with E-state index in [-0.39, 0.29) is 23.9 Å². The van der Waals surface area contributed by atoms with Gasteiger partial charge in [-0.3, -0.25) is 9.78 Å². The highest BCUT2D eigenvalue weighted by atomic mass is 35.5. The molecule has 2 aromatic rings. The molecule has 25 heavy (non-hydrogen) atoms. The molecular formula is C20H23ClN2O2. The number of pyridine rings is 1. The minimum absolute atomic E-state index is 0.0646. The van der Waals surface area contributed by atoms with Gasteiger partial charge in [0.05, 0.1) is 31.2 Å². The molecule has 1 amide bonds. The van der Waals surface area contributed by atoms with Crippen molar-refractivity contribution < 1.29 is 9.53 Å². The smallest absolute Gasteiger partial charge is 0.231 e. The molecule has 3 unspecified atom stereocenters. The maximum atomic E-state index is 13.4. The second kappa shape index (κ2) is 7.98. The van der Waals surface area contributed by atoms with E-state index in [1.54, 1.807) is 6.20 Å². The molecule has 3 rings (SSSR count). The highest BCUT2D eigenvalue weighted by molar-refractivity contribution is 6.30. The van der Waals surface area contributed by atoms with Crippen LogP contribution in [0.5, 0.6) is 0 Å². The average Bonchev–Trinajstić information content (AvgIpc) is 2.61. The number of carbonyl (C=O) groups excluding carboxylic acids is 1. The van der Waals surface area contributed by atoms with Gasteiger partial charge in [0.1, 0.15) is 0 Å². The summed E-state index contributed by atoms with van der Waals surface area (Å²) in [4.78, 5) is 19.8. The van der Waals surface area contributed by atoms with Crippen molar-refractivity contribution in [2.75, 3.05) is 13.2 Å². The summed E-state index contributed by atoms with van der Waals surface area (Å²) < 4.78 is 5.57.